The van der Waals surface area contributed by atoms with Crippen molar-refractivity contribution in [2.75, 3.05) is 12.8 Å². The third-order valence-corrected chi connectivity index (χ3v) is 6.79. The monoisotopic (exact) mass is 537 g/mol. The number of anilines is 1. The first-order chi connectivity index (χ1) is 17.6. The Balaban J connectivity index is 1.37. The molecule has 1 aliphatic carbocycles. The second-order valence-corrected chi connectivity index (χ2v) is 9.64. The molecule has 0 spiro atoms. The van der Waals surface area contributed by atoms with E-state index < -0.39 is 29.8 Å². The summed E-state index contributed by atoms with van der Waals surface area (Å²) in [5.74, 6) is -1.38. The van der Waals surface area contributed by atoms with Gasteiger partial charge in [-0.25, -0.2) is 4.39 Å². The summed E-state index contributed by atoms with van der Waals surface area (Å²) in [5.41, 5.74) is 7.17. The summed E-state index contributed by atoms with van der Waals surface area (Å²) in [5, 5.41) is 17.4. The number of aromatic nitrogens is 4. The third kappa shape index (κ3) is 7.07. The Bertz CT molecular complexity index is 1280. The molecule has 1 aromatic carbocycles. The lowest BCUT2D eigenvalue weighted by Crippen LogP contribution is -2.20. The van der Waals surface area contributed by atoms with Gasteiger partial charge in [0.05, 0.1) is 12.1 Å². The van der Waals surface area contributed by atoms with Crippen LogP contribution >= 0.6 is 11.3 Å². The maximum absolute atomic E-state index is 14.3. The number of carbonyl (C=O) groups is 1. The van der Waals surface area contributed by atoms with Gasteiger partial charge in [-0.05, 0) is 61.1 Å². The van der Waals surface area contributed by atoms with Gasteiger partial charge in [0.25, 0.3) is 0 Å². The van der Waals surface area contributed by atoms with Crippen molar-refractivity contribution >= 4 is 28.5 Å². The highest BCUT2D eigenvalue weighted by atomic mass is 32.1. The van der Waals surface area contributed by atoms with E-state index in [-0.39, 0.29) is 12.0 Å². The van der Waals surface area contributed by atoms with Crippen LogP contribution < -0.4 is 10.5 Å². The first-order valence-corrected chi connectivity index (χ1v) is 12.1. The van der Waals surface area contributed by atoms with Gasteiger partial charge in [-0.3, -0.25) is 4.79 Å². The SMILES string of the molecule is CO[C@H](C(=O)Cc1nnc(CC2CC=C(c3ccc(N)nn3)CC2)s1)c1cc(OC(F)(F)F)ccc1F. The Kier molecular flexibility index (Phi) is 8.13. The molecule has 0 amide bonds. The lowest BCUT2D eigenvalue weighted by atomic mass is 9.86. The number of methoxy groups -OCH3 is 1. The van der Waals surface area contributed by atoms with Gasteiger partial charge in [0, 0.05) is 19.1 Å². The Morgan fingerprint density at radius 2 is 1.95 bits per heavy atom. The number of benzene rings is 1. The predicted molar refractivity (Wildman–Crippen MR) is 127 cm³/mol. The molecule has 13 heteroatoms. The second kappa shape index (κ2) is 11.3. The normalized spacial score (nSPS) is 16.8. The maximum atomic E-state index is 14.3. The molecule has 0 aliphatic heterocycles. The molecular formula is C24H23F4N5O3S. The Morgan fingerprint density at radius 3 is 2.59 bits per heavy atom. The molecule has 37 heavy (non-hydrogen) atoms. The summed E-state index contributed by atoms with van der Waals surface area (Å²) >= 11 is 1.27. The predicted octanol–water partition coefficient (Wildman–Crippen LogP) is 4.87. The van der Waals surface area contributed by atoms with Crippen LogP contribution in [0, 0.1) is 11.7 Å². The van der Waals surface area contributed by atoms with Crippen molar-refractivity contribution < 1.29 is 31.8 Å². The number of rotatable bonds is 9. The van der Waals surface area contributed by atoms with Crippen LogP contribution in [0.1, 0.15) is 46.6 Å². The van der Waals surface area contributed by atoms with E-state index in [0.29, 0.717) is 23.2 Å². The topological polar surface area (TPSA) is 113 Å². The number of hydrogen-bond acceptors (Lipinski definition) is 9. The fourth-order valence-electron chi connectivity index (χ4n) is 4.10. The molecular weight excluding hydrogens is 514 g/mol. The summed E-state index contributed by atoms with van der Waals surface area (Å²) in [6.45, 7) is 0. The van der Waals surface area contributed by atoms with Crippen molar-refractivity contribution in [3.63, 3.8) is 0 Å². The number of halogens is 4. The van der Waals surface area contributed by atoms with E-state index >= 15 is 0 Å². The number of alkyl halides is 3. The molecule has 196 valence electrons. The Morgan fingerprint density at radius 1 is 1.16 bits per heavy atom. The zero-order valence-corrected chi connectivity index (χ0v) is 20.5. The van der Waals surface area contributed by atoms with E-state index in [1.165, 1.54) is 18.4 Å². The second-order valence-electron chi connectivity index (χ2n) is 8.50. The average molecular weight is 538 g/mol. The van der Waals surface area contributed by atoms with E-state index in [1.54, 1.807) is 6.07 Å². The summed E-state index contributed by atoms with van der Waals surface area (Å²) in [6, 6.07) is 5.99. The summed E-state index contributed by atoms with van der Waals surface area (Å²) in [6.07, 6.45) is -1.18. The molecule has 3 aromatic rings. The zero-order chi connectivity index (χ0) is 26.6. The number of nitrogens with zero attached hydrogens (tertiary/aromatic N) is 4. The standard InChI is InChI=1S/C24H23F4N5O3S/c1-35-23(16-11-15(6-7-17(16)25)36-24(26,27)28)19(34)12-22-33-32-21(37-22)10-13-2-4-14(5-3-13)18-8-9-20(29)31-30-18/h4,6-9,11,13,23H,2-3,5,10,12H2,1H3,(H2,29,31)/t13?,23-/m0/s1. The molecule has 2 aromatic heterocycles. The molecule has 1 unspecified atom stereocenters. The van der Waals surface area contributed by atoms with E-state index in [2.05, 4.69) is 31.2 Å². The van der Waals surface area contributed by atoms with Crippen LogP contribution in [0.2, 0.25) is 0 Å². The number of carbonyl (C=O) groups excluding carboxylic acids is 1. The Hall–Kier alpha value is -3.45. The van der Waals surface area contributed by atoms with Gasteiger partial charge in [0.1, 0.15) is 33.5 Å². The number of Topliss-reactive ketones (excluding diaryl/α,β-unsaturated/α-hetero) is 1. The third-order valence-electron chi connectivity index (χ3n) is 5.84. The van der Waals surface area contributed by atoms with Crippen molar-refractivity contribution in [2.45, 2.75) is 44.6 Å². The molecule has 2 heterocycles. The molecule has 1 aliphatic rings. The van der Waals surface area contributed by atoms with Gasteiger partial charge in [0.2, 0.25) is 0 Å². The zero-order valence-electron chi connectivity index (χ0n) is 19.7. The van der Waals surface area contributed by atoms with Crippen LogP contribution in [-0.2, 0) is 22.4 Å². The fraction of sp³-hybridized carbons (Fsp3) is 0.375. The molecule has 8 nitrogen and oxygen atoms in total. The lowest BCUT2D eigenvalue weighted by Gasteiger charge is -2.20. The van der Waals surface area contributed by atoms with E-state index in [4.69, 9.17) is 10.5 Å². The van der Waals surface area contributed by atoms with Crippen LogP contribution in [0.5, 0.6) is 5.75 Å². The van der Waals surface area contributed by atoms with Crippen molar-refractivity contribution in [1.29, 1.82) is 0 Å². The molecule has 0 saturated heterocycles. The minimum absolute atomic E-state index is 0.204. The largest absolute Gasteiger partial charge is 0.573 e. The molecule has 0 bridgehead atoms. The minimum atomic E-state index is -4.95. The highest BCUT2D eigenvalue weighted by Crippen LogP contribution is 2.33. The van der Waals surface area contributed by atoms with Gasteiger partial charge in [-0.15, -0.1) is 44.9 Å². The minimum Gasteiger partial charge on any atom is -0.406 e. The highest BCUT2D eigenvalue weighted by Gasteiger charge is 2.32. The first kappa shape index (κ1) is 26.6. The summed E-state index contributed by atoms with van der Waals surface area (Å²) < 4.78 is 60.9. The van der Waals surface area contributed by atoms with Crippen LogP contribution in [-0.4, -0.2) is 39.7 Å². The average Bonchev–Trinajstić information content (AvgIpc) is 3.28. The van der Waals surface area contributed by atoms with Gasteiger partial charge in [0.15, 0.2) is 5.78 Å². The van der Waals surface area contributed by atoms with Crippen LogP contribution in [0.3, 0.4) is 0 Å². The van der Waals surface area contributed by atoms with Crippen LogP contribution in [0.15, 0.2) is 36.4 Å². The van der Waals surface area contributed by atoms with Crippen molar-refractivity contribution in [2.24, 2.45) is 5.92 Å². The molecule has 2 atom stereocenters. The molecule has 0 saturated carbocycles. The quantitative estimate of drug-likeness (QED) is 0.385. The van der Waals surface area contributed by atoms with Gasteiger partial charge in [-0.1, -0.05) is 6.08 Å². The molecule has 0 radical (unpaired) electrons. The van der Waals surface area contributed by atoms with Gasteiger partial charge < -0.3 is 15.2 Å². The van der Waals surface area contributed by atoms with Crippen LogP contribution in [0.4, 0.5) is 23.4 Å². The number of hydrogen-bond donors (Lipinski definition) is 1. The molecule has 4 rings (SSSR count). The number of allylic oxidation sites excluding steroid dienone is 2. The number of nitrogen functional groups attached to an aromatic ring is 1. The number of ketones is 1. The van der Waals surface area contributed by atoms with Crippen molar-refractivity contribution in [3.05, 3.63) is 63.5 Å². The summed E-state index contributed by atoms with van der Waals surface area (Å²) in [4.78, 5) is 12.8. The molecule has 0 fully saturated rings. The maximum Gasteiger partial charge on any atom is 0.573 e. The fourth-order valence-corrected chi connectivity index (χ4v) is 5.07. The van der Waals surface area contributed by atoms with E-state index in [1.807, 2.05) is 6.07 Å². The van der Waals surface area contributed by atoms with E-state index in [9.17, 15) is 22.4 Å². The smallest absolute Gasteiger partial charge is 0.406 e. The number of nitrogens with two attached hydrogens (primary N) is 1. The Labute approximate surface area is 213 Å². The lowest BCUT2D eigenvalue weighted by molar-refractivity contribution is -0.274. The van der Waals surface area contributed by atoms with Crippen molar-refractivity contribution in [1.82, 2.24) is 20.4 Å². The van der Waals surface area contributed by atoms with Crippen LogP contribution in [0.25, 0.3) is 5.57 Å². The first-order valence-electron chi connectivity index (χ1n) is 11.3. The highest BCUT2D eigenvalue weighted by molar-refractivity contribution is 7.11. The van der Waals surface area contributed by atoms with E-state index in [0.717, 1.165) is 53.7 Å². The number of ether oxygens (including phenoxy) is 2. The summed E-state index contributed by atoms with van der Waals surface area (Å²) in [7, 11) is 1.17. The molecule has 2 N–H and O–H groups in total. The van der Waals surface area contributed by atoms with Gasteiger partial charge in [-0.2, -0.15) is 0 Å². The van der Waals surface area contributed by atoms with Gasteiger partial charge >= 0.3 is 6.36 Å². The van der Waals surface area contributed by atoms with Crippen molar-refractivity contribution in [3.8, 4) is 5.75 Å².